The van der Waals surface area contributed by atoms with E-state index in [-0.39, 0.29) is 11.8 Å². The summed E-state index contributed by atoms with van der Waals surface area (Å²) in [6.45, 7) is 4.12. The molecule has 1 saturated heterocycles. The number of carbonyl (C=O) groups excluding carboxylic acids is 2. The Morgan fingerprint density at radius 1 is 1.50 bits per heavy atom. The topological polar surface area (TPSA) is 73.2 Å². The van der Waals surface area contributed by atoms with Crippen molar-refractivity contribution in [2.75, 3.05) is 11.6 Å². The molecule has 1 aliphatic heterocycles. The van der Waals surface area contributed by atoms with E-state index >= 15 is 0 Å². The number of nitrogens with one attached hydrogen (secondary N) is 1. The summed E-state index contributed by atoms with van der Waals surface area (Å²) in [5.74, 6) is 0.916. The SMILES string of the molecule is CC/C=C(\C)C(=O)N1CSC[C@@H]1C(=O)NCc1cccc(C#N)c1. The predicted octanol–water partition coefficient (Wildman–Crippen LogP) is 2.43. The van der Waals surface area contributed by atoms with Gasteiger partial charge in [-0.25, -0.2) is 0 Å². The number of hydrogen-bond acceptors (Lipinski definition) is 4. The second kappa shape index (κ2) is 8.55. The van der Waals surface area contributed by atoms with Crippen molar-refractivity contribution in [3.63, 3.8) is 0 Å². The van der Waals surface area contributed by atoms with Crippen molar-refractivity contribution >= 4 is 23.6 Å². The minimum Gasteiger partial charge on any atom is -0.350 e. The normalized spacial score (nSPS) is 17.5. The van der Waals surface area contributed by atoms with Crippen molar-refractivity contribution in [1.29, 1.82) is 5.26 Å². The lowest BCUT2D eigenvalue weighted by Crippen LogP contribution is -2.47. The maximum atomic E-state index is 12.5. The molecule has 1 heterocycles. The van der Waals surface area contributed by atoms with Crippen LogP contribution in [0.3, 0.4) is 0 Å². The smallest absolute Gasteiger partial charge is 0.250 e. The average Bonchev–Trinajstić information content (AvgIpc) is 3.09. The molecule has 0 saturated carbocycles. The third kappa shape index (κ3) is 4.39. The number of thioether (sulfide) groups is 1. The third-order valence-electron chi connectivity index (χ3n) is 3.82. The maximum absolute atomic E-state index is 12.5. The molecular weight excluding hydrogens is 322 g/mol. The molecular formula is C18H21N3O2S. The van der Waals surface area contributed by atoms with Crippen LogP contribution in [-0.2, 0) is 16.1 Å². The summed E-state index contributed by atoms with van der Waals surface area (Å²) in [4.78, 5) is 26.5. The molecule has 2 amide bonds. The highest BCUT2D eigenvalue weighted by Crippen LogP contribution is 2.23. The first-order valence-electron chi connectivity index (χ1n) is 7.89. The first kappa shape index (κ1) is 18.1. The Kier molecular flexibility index (Phi) is 6.44. The zero-order valence-electron chi connectivity index (χ0n) is 13.9. The standard InChI is InChI=1S/C18H21N3O2S/c1-3-5-13(2)18(23)21-12-24-11-16(21)17(22)20-10-15-7-4-6-14(8-15)9-19/h4-8,16H,3,10-12H2,1-2H3,(H,20,22)/b13-5+/t16-/m1/s1. The lowest BCUT2D eigenvalue weighted by molar-refractivity contribution is -0.135. The Morgan fingerprint density at radius 2 is 2.29 bits per heavy atom. The molecule has 0 aliphatic carbocycles. The molecule has 0 aromatic heterocycles. The van der Waals surface area contributed by atoms with Gasteiger partial charge in [0.1, 0.15) is 6.04 Å². The zero-order chi connectivity index (χ0) is 17.5. The molecule has 0 spiro atoms. The largest absolute Gasteiger partial charge is 0.350 e. The lowest BCUT2D eigenvalue weighted by atomic mass is 10.1. The van der Waals surface area contributed by atoms with Gasteiger partial charge in [-0.05, 0) is 31.0 Å². The van der Waals surface area contributed by atoms with E-state index in [0.29, 0.717) is 29.3 Å². The first-order chi connectivity index (χ1) is 11.6. The summed E-state index contributed by atoms with van der Waals surface area (Å²) in [6, 6.07) is 8.77. The monoisotopic (exact) mass is 343 g/mol. The molecule has 1 aliphatic rings. The molecule has 1 fully saturated rings. The van der Waals surface area contributed by atoms with Crippen molar-refractivity contribution < 1.29 is 9.59 Å². The van der Waals surface area contributed by atoms with Crippen LogP contribution < -0.4 is 5.32 Å². The van der Waals surface area contributed by atoms with Crippen LogP contribution in [0.4, 0.5) is 0 Å². The summed E-state index contributed by atoms with van der Waals surface area (Å²) in [5.41, 5.74) is 2.11. The van der Waals surface area contributed by atoms with Crippen LogP contribution >= 0.6 is 11.8 Å². The van der Waals surface area contributed by atoms with E-state index in [2.05, 4.69) is 11.4 Å². The lowest BCUT2D eigenvalue weighted by Gasteiger charge is -2.23. The van der Waals surface area contributed by atoms with Crippen molar-refractivity contribution in [1.82, 2.24) is 10.2 Å². The fourth-order valence-corrected chi connectivity index (χ4v) is 3.69. The number of nitriles is 1. The summed E-state index contributed by atoms with van der Waals surface area (Å²) in [6.07, 6.45) is 2.68. The molecule has 1 atom stereocenters. The molecule has 1 aromatic rings. The summed E-state index contributed by atoms with van der Waals surface area (Å²) < 4.78 is 0. The van der Waals surface area contributed by atoms with Gasteiger partial charge in [-0.2, -0.15) is 5.26 Å². The number of nitrogens with zero attached hydrogens (tertiary/aromatic N) is 2. The number of carbonyl (C=O) groups is 2. The fourth-order valence-electron chi connectivity index (χ4n) is 2.54. The summed E-state index contributed by atoms with van der Waals surface area (Å²) >= 11 is 1.58. The van der Waals surface area contributed by atoms with Gasteiger partial charge in [-0.3, -0.25) is 9.59 Å². The molecule has 2 rings (SSSR count). The van der Waals surface area contributed by atoms with Crippen LogP contribution in [0, 0.1) is 11.3 Å². The van der Waals surface area contributed by atoms with Gasteiger partial charge in [0, 0.05) is 17.9 Å². The number of benzene rings is 1. The number of amides is 2. The highest BCUT2D eigenvalue weighted by atomic mass is 32.2. The quantitative estimate of drug-likeness (QED) is 0.834. The van der Waals surface area contributed by atoms with E-state index in [1.54, 1.807) is 41.8 Å². The van der Waals surface area contributed by atoms with E-state index in [1.165, 1.54) is 0 Å². The third-order valence-corrected chi connectivity index (χ3v) is 4.83. The maximum Gasteiger partial charge on any atom is 0.250 e. The fraction of sp³-hybridized carbons (Fsp3) is 0.389. The highest BCUT2D eigenvalue weighted by molar-refractivity contribution is 7.99. The molecule has 5 nitrogen and oxygen atoms in total. The molecule has 0 unspecified atom stereocenters. The average molecular weight is 343 g/mol. The van der Waals surface area contributed by atoms with Crippen molar-refractivity contribution in [2.45, 2.75) is 32.9 Å². The molecule has 126 valence electrons. The molecule has 1 aromatic carbocycles. The van der Waals surface area contributed by atoms with Gasteiger partial charge in [-0.1, -0.05) is 25.1 Å². The van der Waals surface area contributed by atoms with E-state index < -0.39 is 6.04 Å². The van der Waals surface area contributed by atoms with Gasteiger partial charge in [0.05, 0.1) is 17.5 Å². The van der Waals surface area contributed by atoms with Crippen LogP contribution in [0.1, 0.15) is 31.4 Å². The number of hydrogen-bond donors (Lipinski definition) is 1. The molecule has 0 bridgehead atoms. The minimum atomic E-state index is -0.443. The Bertz CT molecular complexity index is 694. The van der Waals surface area contributed by atoms with Crippen molar-refractivity contribution in [3.05, 3.63) is 47.0 Å². The number of allylic oxidation sites excluding steroid dienone is 1. The number of rotatable bonds is 5. The minimum absolute atomic E-state index is 0.0755. The molecule has 24 heavy (non-hydrogen) atoms. The highest BCUT2D eigenvalue weighted by Gasteiger charge is 2.34. The van der Waals surface area contributed by atoms with Crippen molar-refractivity contribution in [2.24, 2.45) is 0 Å². The van der Waals surface area contributed by atoms with Crippen LogP contribution in [-0.4, -0.2) is 34.4 Å². The van der Waals surface area contributed by atoms with Crippen LogP contribution in [0.15, 0.2) is 35.9 Å². The first-order valence-corrected chi connectivity index (χ1v) is 9.04. The van der Waals surface area contributed by atoms with Gasteiger partial charge >= 0.3 is 0 Å². The Labute approximate surface area is 146 Å². The summed E-state index contributed by atoms with van der Waals surface area (Å²) in [7, 11) is 0. The van der Waals surface area contributed by atoms with Gasteiger partial charge < -0.3 is 10.2 Å². The Balaban J connectivity index is 1.99. The van der Waals surface area contributed by atoms with Crippen LogP contribution in [0.25, 0.3) is 0 Å². The Morgan fingerprint density at radius 3 is 3.00 bits per heavy atom. The second-order valence-corrected chi connectivity index (χ2v) is 6.62. The van der Waals surface area contributed by atoms with Gasteiger partial charge in [0.2, 0.25) is 5.91 Å². The predicted molar refractivity (Wildman–Crippen MR) is 95.0 cm³/mol. The molecule has 0 radical (unpaired) electrons. The van der Waals surface area contributed by atoms with E-state index in [1.807, 2.05) is 19.1 Å². The molecule has 6 heteroatoms. The molecule has 1 N–H and O–H groups in total. The zero-order valence-corrected chi connectivity index (χ0v) is 14.7. The van der Waals surface area contributed by atoms with E-state index in [0.717, 1.165) is 12.0 Å². The Hall–Kier alpha value is -2.26. The van der Waals surface area contributed by atoms with E-state index in [4.69, 9.17) is 5.26 Å². The van der Waals surface area contributed by atoms with Gasteiger partial charge in [-0.15, -0.1) is 11.8 Å². The second-order valence-electron chi connectivity index (χ2n) is 5.62. The van der Waals surface area contributed by atoms with Crippen molar-refractivity contribution in [3.8, 4) is 6.07 Å². The van der Waals surface area contributed by atoms with E-state index in [9.17, 15) is 9.59 Å². The van der Waals surface area contributed by atoms with Gasteiger partial charge in [0.25, 0.3) is 5.91 Å². The van der Waals surface area contributed by atoms with Crippen LogP contribution in [0.2, 0.25) is 0 Å². The van der Waals surface area contributed by atoms with Gasteiger partial charge in [0.15, 0.2) is 0 Å². The van der Waals surface area contributed by atoms with Crippen LogP contribution in [0.5, 0.6) is 0 Å². The summed E-state index contributed by atoms with van der Waals surface area (Å²) in [5, 5.41) is 11.8.